The van der Waals surface area contributed by atoms with Crippen LogP contribution in [0, 0.1) is 13.8 Å². The maximum atomic E-state index is 11.6. The van der Waals surface area contributed by atoms with Crippen LogP contribution in [0.2, 0.25) is 0 Å². The molecule has 2 aromatic carbocycles. The molecule has 0 fully saturated rings. The van der Waals surface area contributed by atoms with E-state index in [1.165, 1.54) is 16.7 Å². The van der Waals surface area contributed by atoms with Gasteiger partial charge in [-0.15, -0.1) is 0 Å². The molecule has 1 aliphatic heterocycles. The minimum Gasteiger partial charge on any atom is -0.480 e. The molecule has 0 amide bonds. The summed E-state index contributed by atoms with van der Waals surface area (Å²) in [4.78, 5) is 13.7. The number of hydrogen-bond acceptors (Lipinski definition) is 3. The number of anilines is 1. The van der Waals surface area contributed by atoms with Crippen LogP contribution in [0.4, 0.5) is 5.69 Å². The summed E-state index contributed by atoms with van der Waals surface area (Å²) in [5.41, 5.74) is 11.7. The lowest BCUT2D eigenvalue weighted by atomic mass is 9.88. The number of aliphatic carboxylic acids is 1. The lowest BCUT2D eigenvalue weighted by molar-refractivity contribution is -0.139. The Kier molecular flexibility index (Phi) is 4.09. The van der Waals surface area contributed by atoms with Gasteiger partial charge in [0.15, 0.2) is 0 Å². The number of carboxylic acid groups (broad SMARTS) is 1. The van der Waals surface area contributed by atoms with E-state index in [2.05, 4.69) is 43.0 Å². The highest BCUT2D eigenvalue weighted by Crippen LogP contribution is 2.36. The third-order valence-corrected chi connectivity index (χ3v) is 4.78. The topological polar surface area (TPSA) is 66.6 Å². The lowest BCUT2D eigenvalue weighted by Crippen LogP contribution is -2.49. The van der Waals surface area contributed by atoms with Crippen LogP contribution in [0.25, 0.3) is 0 Å². The summed E-state index contributed by atoms with van der Waals surface area (Å²) in [5, 5.41) is 9.47. The highest BCUT2D eigenvalue weighted by molar-refractivity contribution is 5.76. The van der Waals surface area contributed by atoms with Crippen LogP contribution in [0.5, 0.6) is 0 Å². The molecule has 23 heavy (non-hydrogen) atoms. The van der Waals surface area contributed by atoms with Crippen molar-refractivity contribution in [1.29, 1.82) is 0 Å². The number of nitrogens with zero attached hydrogens (tertiary/aromatic N) is 1. The molecule has 0 aromatic heterocycles. The minimum atomic E-state index is -0.972. The first-order valence-electron chi connectivity index (χ1n) is 7.89. The van der Waals surface area contributed by atoms with Crippen molar-refractivity contribution in [3.8, 4) is 0 Å². The van der Waals surface area contributed by atoms with Gasteiger partial charge in [-0.2, -0.15) is 0 Å². The summed E-state index contributed by atoms with van der Waals surface area (Å²) in [5.74, 6) is -0.972. The fourth-order valence-corrected chi connectivity index (χ4v) is 3.31. The number of fused-ring (bicyclic) bond motifs is 1. The third kappa shape index (κ3) is 2.82. The highest BCUT2D eigenvalue weighted by atomic mass is 16.4. The first kappa shape index (κ1) is 15.6. The van der Waals surface area contributed by atoms with Crippen LogP contribution in [0.1, 0.15) is 28.3 Å². The predicted octanol–water partition coefficient (Wildman–Crippen LogP) is 2.82. The van der Waals surface area contributed by atoms with Crippen LogP contribution in [-0.4, -0.2) is 23.7 Å². The fraction of sp³-hybridized carbons (Fsp3) is 0.316. The number of carbonyl (C=O) groups is 1. The Morgan fingerprint density at radius 2 is 1.96 bits per heavy atom. The molecule has 2 aromatic rings. The SMILES string of the molecule is Cc1ccc(N2CCc3ccccc3C2C(N)C(=O)O)cc1C. The number of hydrogen-bond donors (Lipinski definition) is 2. The van der Waals surface area contributed by atoms with E-state index in [1.807, 2.05) is 18.2 Å². The van der Waals surface area contributed by atoms with Crippen LogP contribution in [0.3, 0.4) is 0 Å². The van der Waals surface area contributed by atoms with Gasteiger partial charge in [0.05, 0.1) is 6.04 Å². The molecule has 2 unspecified atom stereocenters. The number of nitrogens with two attached hydrogens (primary N) is 1. The lowest BCUT2D eigenvalue weighted by Gasteiger charge is -2.41. The molecule has 0 saturated carbocycles. The summed E-state index contributed by atoms with van der Waals surface area (Å²) in [7, 11) is 0. The van der Waals surface area contributed by atoms with Crippen LogP contribution in [0.15, 0.2) is 42.5 Å². The van der Waals surface area contributed by atoms with Gasteiger partial charge in [-0.05, 0) is 54.7 Å². The fourth-order valence-electron chi connectivity index (χ4n) is 3.31. The third-order valence-electron chi connectivity index (χ3n) is 4.78. The summed E-state index contributed by atoms with van der Waals surface area (Å²) >= 11 is 0. The van der Waals surface area contributed by atoms with Crippen molar-refractivity contribution in [3.05, 3.63) is 64.7 Å². The van der Waals surface area contributed by atoms with Gasteiger partial charge >= 0.3 is 5.97 Å². The average molecular weight is 310 g/mol. The largest absolute Gasteiger partial charge is 0.480 e. The van der Waals surface area contributed by atoms with E-state index in [-0.39, 0.29) is 6.04 Å². The van der Waals surface area contributed by atoms with Gasteiger partial charge in [0.2, 0.25) is 0 Å². The van der Waals surface area contributed by atoms with Crippen molar-refractivity contribution < 1.29 is 9.90 Å². The number of rotatable bonds is 3. The average Bonchev–Trinajstić information content (AvgIpc) is 2.55. The Labute approximate surface area is 136 Å². The molecule has 3 N–H and O–H groups in total. The van der Waals surface area contributed by atoms with Gasteiger partial charge < -0.3 is 15.7 Å². The van der Waals surface area contributed by atoms with Gasteiger partial charge in [0, 0.05) is 12.2 Å². The van der Waals surface area contributed by atoms with E-state index in [0.29, 0.717) is 0 Å². The maximum Gasteiger partial charge on any atom is 0.322 e. The first-order chi connectivity index (χ1) is 11.0. The Balaban J connectivity index is 2.08. The normalized spacial score (nSPS) is 18.4. The molecule has 0 radical (unpaired) electrons. The second-order valence-corrected chi connectivity index (χ2v) is 6.22. The monoisotopic (exact) mass is 310 g/mol. The zero-order valence-corrected chi connectivity index (χ0v) is 13.5. The van der Waals surface area contributed by atoms with E-state index in [9.17, 15) is 9.90 Å². The standard InChI is InChI=1S/C19H22N2O2/c1-12-7-8-15(11-13(12)2)21-10-9-14-5-3-4-6-16(14)18(21)17(20)19(22)23/h3-8,11,17-18H,9-10,20H2,1-2H3,(H,22,23). The molecular formula is C19H22N2O2. The summed E-state index contributed by atoms with van der Waals surface area (Å²) in [6, 6.07) is 12.9. The molecule has 2 atom stereocenters. The van der Waals surface area contributed by atoms with Crippen molar-refractivity contribution in [2.24, 2.45) is 5.73 Å². The maximum absolute atomic E-state index is 11.6. The number of benzene rings is 2. The number of carboxylic acids is 1. The first-order valence-corrected chi connectivity index (χ1v) is 7.89. The Morgan fingerprint density at radius 3 is 2.65 bits per heavy atom. The molecule has 1 heterocycles. The zero-order chi connectivity index (χ0) is 16.6. The molecule has 1 aliphatic rings. The van der Waals surface area contributed by atoms with Gasteiger partial charge in [-0.25, -0.2) is 0 Å². The van der Waals surface area contributed by atoms with Gasteiger partial charge in [0.1, 0.15) is 6.04 Å². The molecule has 3 rings (SSSR count). The molecule has 0 aliphatic carbocycles. The molecule has 4 nitrogen and oxygen atoms in total. The Morgan fingerprint density at radius 1 is 1.22 bits per heavy atom. The van der Waals surface area contributed by atoms with E-state index >= 15 is 0 Å². The zero-order valence-electron chi connectivity index (χ0n) is 13.5. The summed E-state index contributed by atoms with van der Waals surface area (Å²) in [6.45, 7) is 4.92. The Bertz CT molecular complexity index is 742. The molecule has 0 saturated heterocycles. The molecule has 4 heteroatoms. The highest BCUT2D eigenvalue weighted by Gasteiger charge is 2.35. The summed E-state index contributed by atoms with van der Waals surface area (Å²) < 4.78 is 0. The quantitative estimate of drug-likeness (QED) is 0.915. The smallest absolute Gasteiger partial charge is 0.322 e. The van der Waals surface area contributed by atoms with Gasteiger partial charge in [-0.3, -0.25) is 4.79 Å². The number of aryl methyl sites for hydroxylation is 2. The van der Waals surface area contributed by atoms with Crippen LogP contribution in [-0.2, 0) is 11.2 Å². The van der Waals surface area contributed by atoms with Gasteiger partial charge in [0.25, 0.3) is 0 Å². The second-order valence-electron chi connectivity index (χ2n) is 6.22. The molecule has 120 valence electrons. The van der Waals surface area contributed by atoms with Crippen molar-refractivity contribution in [3.63, 3.8) is 0 Å². The van der Waals surface area contributed by atoms with Crippen molar-refractivity contribution in [2.45, 2.75) is 32.4 Å². The van der Waals surface area contributed by atoms with Gasteiger partial charge in [-0.1, -0.05) is 30.3 Å². The summed E-state index contributed by atoms with van der Waals surface area (Å²) in [6.07, 6.45) is 0.895. The molecule has 0 bridgehead atoms. The Hall–Kier alpha value is -2.33. The van der Waals surface area contributed by atoms with E-state index in [1.54, 1.807) is 0 Å². The van der Waals surface area contributed by atoms with Crippen molar-refractivity contribution in [1.82, 2.24) is 0 Å². The van der Waals surface area contributed by atoms with Crippen LogP contribution < -0.4 is 10.6 Å². The second kappa shape index (κ2) is 6.05. The van der Waals surface area contributed by atoms with E-state index in [4.69, 9.17) is 5.73 Å². The van der Waals surface area contributed by atoms with E-state index in [0.717, 1.165) is 24.2 Å². The van der Waals surface area contributed by atoms with E-state index < -0.39 is 12.0 Å². The van der Waals surface area contributed by atoms with Crippen molar-refractivity contribution >= 4 is 11.7 Å². The van der Waals surface area contributed by atoms with Crippen molar-refractivity contribution in [2.75, 3.05) is 11.4 Å². The van der Waals surface area contributed by atoms with Crippen LogP contribution >= 0.6 is 0 Å². The molecule has 0 spiro atoms. The minimum absolute atomic E-state index is 0.348. The predicted molar refractivity (Wildman–Crippen MR) is 91.8 cm³/mol. The molecular weight excluding hydrogens is 288 g/mol.